The van der Waals surface area contributed by atoms with Crippen LogP contribution >= 0.6 is 0 Å². The van der Waals surface area contributed by atoms with Gasteiger partial charge in [0.05, 0.1) is 30.9 Å². The van der Waals surface area contributed by atoms with Crippen molar-refractivity contribution in [3.63, 3.8) is 0 Å². The van der Waals surface area contributed by atoms with E-state index in [2.05, 4.69) is 9.97 Å². The minimum Gasteiger partial charge on any atom is -0.370 e. The quantitative estimate of drug-likeness (QED) is 0.725. The zero-order chi connectivity index (χ0) is 9.10. The lowest BCUT2D eigenvalue weighted by Gasteiger charge is -2.15. The van der Waals surface area contributed by atoms with Crippen LogP contribution in [0.25, 0.3) is 0 Å². The summed E-state index contributed by atoms with van der Waals surface area (Å²) in [4.78, 5) is 6.92. The van der Waals surface area contributed by atoms with Crippen molar-refractivity contribution in [1.29, 1.82) is 0 Å². The van der Waals surface area contributed by atoms with Gasteiger partial charge >= 0.3 is 0 Å². The first kappa shape index (κ1) is 8.72. The Morgan fingerprint density at radius 3 is 3.15 bits per heavy atom. The number of aromatic amines is 1. The van der Waals surface area contributed by atoms with Crippen molar-refractivity contribution in [3.05, 3.63) is 18.2 Å². The summed E-state index contributed by atoms with van der Waals surface area (Å²) in [5, 5.41) is 0. The lowest BCUT2D eigenvalue weighted by molar-refractivity contribution is 0.0341. The molecule has 0 amide bonds. The second-order valence-electron chi connectivity index (χ2n) is 3.52. The Morgan fingerprint density at radius 1 is 1.62 bits per heavy atom. The van der Waals surface area contributed by atoms with E-state index in [-0.39, 0.29) is 12.1 Å². The highest BCUT2D eigenvalue weighted by molar-refractivity contribution is 4.92. The second-order valence-corrected chi connectivity index (χ2v) is 3.52. The molecule has 0 radical (unpaired) electrons. The normalized spacial score (nSPS) is 28.1. The predicted octanol–water partition coefficient (Wildman–Crippen LogP) is 0.806. The molecule has 72 valence electrons. The van der Waals surface area contributed by atoms with E-state index in [0.717, 1.165) is 18.5 Å². The molecule has 0 aromatic carbocycles. The number of nitrogens with one attached hydrogen (secondary N) is 1. The number of hydrogen-bond acceptors (Lipinski definition) is 3. The van der Waals surface area contributed by atoms with Crippen LogP contribution in [0.2, 0.25) is 0 Å². The zero-order valence-corrected chi connectivity index (χ0v) is 7.57. The number of hydrogen-bond donors (Lipinski definition) is 2. The molecule has 1 aromatic heterocycles. The topological polar surface area (TPSA) is 63.9 Å². The third-order valence-electron chi connectivity index (χ3n) is 2.51. The monoisotopic (exact) mass is 181 g/mol. The van der Waals surface area contributed by atoms with Gasteiger partial charge in [-0.3, -0.25) is 0 Å². The van der Waals surface area contributed by atoms with Crippen molar-refractivity contribution in [1.82, 2.24) is 9.97 Å². The number of aromatic nitrogens is 2. The van der Waals surface area contributed by atoms with E-state index >= 15 is 0 Å². The van der Waals surface area contributed by atoms with Gasteiger partial charge in [0, 0.05) is 6.04 Å². The molecule has 1 saturated carbocycles. The SMILES string of the molecule is N[C@H]1CCC[C@H]1OCc1cnc[nH]1. The van der Waals surface area contributed by atoms with Crippen LogP contribution in [0.15, 0.2) is 12.5 Å². The summed E-state index contributed by atoms with van der Waals surface area (Å²) in [6.45, 7) is 0.596. The van der Waals surface area contributed by atoms with E-state index in [4.69, 9.17) is 10.5 Å². The Hall–Kier alpha value is -0.870. The van der Waals surface area contributed by atoms with Gasteiger partial charge in [0.15, 0.2) is 0 Å². The van der Waals surface area contributed by atoms with Crippen LogP contribution < -0.4 is 5.73 Å². The number of rotatable bonds is 3. The first-order chi connectivity index (χ1) is 6.36. The van der Waals surface area contributed by atoms with Crippen LogP contribution in [0.4, 0.5) is 0 Å². The fourth-order valence-corrected chi connectivity index (χ4v) is 1.72. The third kappa shape index (κ3) is 2.08. The van der Waals surface area contributed by atoms with Gasteiger partial charge in [-0.1, -0.05) is 0 Å². The van der Waals surface area contributed by atoms with Gasteiger partial charge in [-0.05, 0) is 19.3 Å². The van der Waals surface area contributed by atoms with Crippen molar-refractivity contribution in [2.75, 3.05) is 0 Å². The van der Waals surface area contributed by atoms with Crippen LogP contribution in [0.3, 0.4) is 0 Å². The highest BCUT2D eigenvalue weighted by atomic mass is 16.5. The fourth-order valence-electron chi connectivity index (χ4n) is 1.72. The average Bonchev–Trinajstić information content (AvgIpc) is 2.72. The molecule has 3 N–H and O–H groups in total. The molecule has 0 aliphatic heterocycles. The summed E-state index contributed by atoms with van der Waals surface area (Å²) in [5.41, 5.74) is 6.88. The maximum Gasteiger partial charge on any atom is 0.0922 e. The van der Waals surface area contributed by atoms with Gasteiger partial charge in [-0.15, -0.1) is 0 Å². The second kappa shape index (κ2) is 3.89. The van der Waals surface area contributed by atoms with Crippen LogP contribution in [-0.2, 0) is 11.3 Å². The minimum absolute atomic E-state index is 0.225. The number of imidazole rings is 1. The zero-order valence-electron chi connectivity index (χ0n) is 7.57. The molecule has 1 heterocycles. The summed E-state index contributed by atoms with van der Waals surface area (Å²) >= 11 is 0. The van der Waals surface area contributed by atoms with Crippen LogP contribution in [-0.4, -0.2) is 22.1 Å². The van der Waals surface area contributed by atoms with Gasteiger partial charge in [-0.25, -0.2) is 4.98 Å². The summed E-state index contributed by atoms with van der Waals surface area (Å²) in [6, 6.07) is 0.225. The van der Waals surface area contributed by atoms with Gasteiger partial charge in [0.1, 0.15) is 0 Å². The molecule has 0 unspecified atom stereocenters. The van der Waals surface area contributed by atoms with E-state index < -0.39 is 0 Å². The Morgan fingerprint density at radius 2 is 2.54 bits per heavy atom. The molecule has 0 bridgehead atoms. The maximum absolute atomic E-state index is 5.87. The van der Waals surface area contributed by atoms with Crippen LogP contribution in [0.1, 0.15) is 25.0 Å². The number of nitrogens with zero attached hydrogens (tertiary/aromatic N) is 1. The molecule has 1 aliphatic carbocycles. The van der Waals surface area contributed by atoms with E-state index in [1.54, 1.807) is 12.5 Å². The van der Waals surface area contributed by atoms with Crippen molar-refractivity contribution >= 4 is 0 Å². The highest BCUT2D eigenvalue weighted by Crippen LogP contribution is 2.20. The fraction of sp³-hybridized carbons (Fsp3) is 0.667. The lowest BCUT2D eigenvalue weighted by atomic mass is 10.2. The summed E-state index contributed by atoms with van der Waals surface area (Å²) in [7, 11) is 0. The van der Waals surface area contributed by atoms with E-state index in [0.29, 0.717) is 6.61 Å². The molecule has 0 saturated heterocycles. The van der Waals surface area contributed by atoms with Gasteiger partial charge in [0.25, 0.3) is 0 Å². The lowest BCUT2D eigenvalue weighted by Crippen LogP contribution is -2.31. The first-order valence-corrected chi connectivity index (χ1v) is 4.70. The number of nitrogens with two attached hydrogens (primary N) is 1. The van der Waals surface area contributed by atoms with Gasteiger partial charge in [-0.2, -0.15) is 0 Å². The smallest absolute Gasteiger partial charge is 0.0922 e. The Kier molecular flexibility index (Phi) is 2.61. The predicted molar refractivity (Wildman–Crippen MR) is 49.0 cm³/mol. The molecule has 2 atom stereocenters. The molecular formula is C9H15N3O. The average molecular weight is 181 g/mol. The molecule has 2 rings (SSSR count). The molecule has 4 heteroatoms. The van der Waals surface area contributed by atoms with Crippen molar-refractivity contribution in [2.45, 2.75) is 38.0 Å². The number of ether oxygens (including phenoxy) is 1. The highest BCUT2D eigenvalue weighted by Gasteiger charge is 2.24. The summed E-state index contributed by atoms with van der Waals surface area (Å²) in [6.07, 6.45) is 7.05. The molecule has 4 nitrogen and oxygen atoms in total. The standard InChI is InChI=1S/C9H15N3O/c10-8-2-1-3-9(8)13-5-7-4-11-6-12-7/h4,6,8-9H,1-3,5,10H2,(H,11,12)/t8-,9+/m0/s1. The van der Waals surface area contributed by atoms with Crippen molar-refractivity contribution < 1.29 is 4.74 Å². The Labute approximate surface area is 77.5 Å². The minimum atomic E-state index is 0.225. The van der Waals surface area contributed by atoms with Gasteiger partial charge < -0.3 is 15.5 Å². The van der Waals surface area contributed by atoms with Crippen molar-refractivity contribution in [2.24, 2.45) is 5.73 Å². The Balaban J connectivity index is 1.79. The van der Waals surface area contributed by atoms with E-state index in [9.17, 15) is 0 Å². The first-order valence-electron chi connectivity index (χ1n) is 4.70. The molecular weight excluding hydrogens is 166 g/mol. The third-order valence-corrected chi connectivity index (χ3v) is 2.51. The van der Waals surface area contributed by atoms with E-state index in [1.807, 2.05) is 0 Å². The Bertz CT molecular complexity index is 247. The molecule has 1 aliphatic rings. The van der Waals surface area contributed by atoms with Crippen LogP contribution in [0.5, 0.6) is 0 Å². The number of H-pyrrole nitrogens is 1. The van der Waals surface area contributed by atoms with Crippen LogP contribution in [0, 0.1) is 0 Å². The van der Waals surface area contributed by atoms with E-state index in [1.165, 1.54) is 6.42 Å². The maximum atomic E-state index is 5.87. The summed E-state index contributed by atoms with van der Waals surface area (Å²) < 4.78 is 5.66. The van der Waals surface area contributed by atoms with Crippen molar-refractivity contribution in [3.8, 4) is 0 Å². The molecule has 13 heavy (non-hydrogen) atoms. The molecule has 0 spiro atoms. The summed E-state index contributed by atoms with van der Waals surface area (Å²) in [5.74, 6) is 0. The molecule has 1 fully saturated rings. The molecule has 1 aromatic rings. The van der Waals surface area contributed by atoms with Gasteiger partial charge in [0.2, 0.25) is 0 Å². The largest absolute Gasteiger partial charge is 0.370 e.